The van der Waals surface area contributed by atoms with Gasteiger partial charge in [0.05, 0.1) is 31.3 Å². The van der Waals surface area contributed by atoms with E-state index in [2.05, 4.69) is 27.1 Å². The lowest BCUT2D eigenvalue weighted by atomic mass is 9.84. The Morgan fingerprint density at radius 2 is 2.03 bits per heavy atom. The van der Waals surface area contributed by atoms with Gasteiger partial charge >= 0.3 is 15.6 Å². The number of aromatic nitrogens is 2. The van der Waals surface area contributed by atoms with Gasteiger partial charge in [-0.15, -0.1) is 0 Å². The quantitative estimate of drug-likeness (QED) is 0.236. The molecule has 29 heavy (non-hydrogen) atoms. The van der Waals surface area contributed by atoms with E-state index in [1.54, 1.807) is 28.9 Å². The number of ether oxygens (including phenoxy) is 1. The molecule has 0 N–H and O–H groups in total. The Morgan fingerprint density at radius 3 is 2.69 bits per heavy atom. The fourth-order valence-corrected chi connectivity index (χ4v) is 5.64. The van der Waals surface area contributed by atoms with Crippen LogP contribution >= 0.6 is 28.4 Å². The molecule has 0 radical (unpaired) electrons. The summed E-state index contributed by atoms with van der Waals surface area (Å²) in [6.07, 6.45) is 5.20. The maximum Gasteiger partial charge on any atom is 0.534 e. The summed E-state index contributed by atoms with van der Waals surface area (Å²) in [5.41, 5.74) is -2.31. The Bertz CT molecular complexity index is 1140. The Hall–Kier alpha value is -1.17. The Balaban J connectivity index is 1.92. The topological polar surface area (TPSA) is 70.4 Å². The highest BCUT2D eigenvalue weighted by molar-refractivity contribution is 14.2. The molecular formula is C17H15F3IN2O4PS. The van der Waals surface area contributed by atoms with Crippen LogP contribution in [-0.4, -0.2) is 36.7 Å². The van der Waals surface area contributed by atoms with Crippen LogP contribution < -0.4 is 0 Å². The highest BCUT2D eigenvalue weighted by Gasteiger charge is 2.49. The maximum absolute atomic E-state index is 13.1. The highest BCUT2D eigenvalue weighted by atomic mass is 127. The Morgan fingerprint density at radius 1 is 1.24 bits per heavy atom. The second kappa shape index (κ2) is 7.82. The van der Waals surface area contributed by atoms with Crippen LogP contribution in [0.15, 0.2) is 35.6 Å². The zero-order valence-corrected chi connectivity index (χ0v) is 18.8. The maximum atomic E-state index is 13.1. The fraction of sp³-hybridized carbons (Fsp3) is 0.353. The molecule has 0 spiro atoms. The van der Waals surface area contributed by atoms with E-state index in [4.69, 9.17) is 8.92 Å². The van der Waals surface area contributed by atoms with Crippen molar-refractivity contribution in [2.24, 2.45) is 0 Å². The minimum absolute atomic E-state index is 0.247. The molecule has 156 valence electrons. The van der Waals surface area contributed by atoms with Crippen LogP contribution in [-0.2, 0) is 25.5 Å². The molecule has 1 unspecified atom stereocenters. The van der Waals surface area contributed by atoms with Crippen LogP contribution in [0.5, 0.6) is 0 Å². The van der Waals surface area contributed by atoms with Crippen molar-refractivity contribution in [3.05, 3.63) is 46.7 Å². The average molecular weight is 558 g/mol. The van der Waals surface area contributed by atoms with Crippen LogP contribution in [0.1, 0.15) is 24.0 Å². The third-order valence-corrected chi connectivity index (χ3v) is 7.76. The molecular weight excluding hydrogens is 543 g/mol. The van der Waals surface area contributed by atoms with E-state index in [0.29, 0.717) is 50.0 Å². The van der Waals surface area contributed by atoms with Crippen molar-refractivity contribution in [1.82, 2.24) is 9.55 Å². The molecule has 4 rings (SSSR count). The van der Waals surface area contributed by atoms with E-state index in [-0.39, 0.29) is 5.76 Å². The summed E-state index contributed by atoms with van der Waals surface area (Å²) in [5, 5.41) is 5.10. The predicted molar refractivity (Wildman–Crippen MR) is 112 cm³/mol. The van der Waals surface area contributed by atoms with Crippen LogP contribution in [0.25, 0.3) is 16.7 Å². The summed E-state index contributed by atoms with van der Waals surface area (Å²) in [7, 11) is -5.80. The number of hydrogen-bond acceptors (Lipinski definition) is 5. The molecule has 2 aromatic rings. The van der Waals surface area contributed by atoms with Crippen molar-refractivity contribution in [3.8, 4) is 0 Å². The first-order valence-corrected chi connectivity index (χ1v) is 14.1. The number of aryl methyl sites for hydroxylation is 1. The van der Waals surface area contributed by atoms with E-state index in [0.717, 1.165) is 22.0 Å². The molecule has 6 nitrogen and oxygen atoms in total. The molecule has 0 saturated heterocycles. The van der Waals surface area contributed by atoms with Gasteiger partial charge in [-0.05, 0) is 70.1 Å². The third-order valence-electron chi connectivity index (χ3n) is 4.92. The number of benzene rings is 1. The molecule has 1 aliphatic carbocycles. The summed E-state index contributed by atoms with van der Waals surface area (Å²) in [6, 6.07) is 3.35. The Kier molecular flexibility index (Phi) is 5.69. The molecule has 2 heterocycles. The number of alkyl halides is 3. The van der Waals surface area contributed by atoms with E-state index in [1.807, 2.05) is 0 Å². The van der Waals surface area contributed by atoms with Gasteiger partial charge in [0.15, 0.2) is 5.76 Å². The van der Waals surface area contributed by atoms with Gasteiger partial charge in [0.25, 0.3) is 0 Å². The van der Waals surface area contributed by atoms with Gasteiger partial charge in [-0.1, -0.05) is 6.08 Å². The minimum Gasteiger partial charge on any atom is -0.377 e. The number of allylic oxidation sites excluding steroid dienone is 1. The van der Waals surface area contributed by atoms with E-state index >= 15 is 0 Å². The molecule has 1 aliphatic heterocycles. The van der Waals surface area contributed by atoms with Crippen molar-refractivity contribution < 1.29 is 30.5 Å². The summed E-state index contributed by atoms with van der Waals surface area (Å²) in [6.45, 7) is 0.747. The average Bonchev–Trinajstić information content (AvgIpc) is 3.11. The molecule has 1 aromatic heterocycles. The highest BCUT2D eigenvalue weighted by Crippen LogP contribution is 2.43. The van der Waals surface area contributed by atoms with Gasteiger partial charge in [0.2, 0.25) is 0 Å². The molecule has 1 atom stereocenters. The lowest BCUT2D eigenvalue weighted by molar-refractivity contribution is -0.0509. The summed E-state index contributed by atoms with van der Waals surface area (Å²) in [5.74, 6) is -0.247. The van der Waals surface area contributed by atoms with E-state index in [1.165, 1.54) is 0 Å². The lowest BCUT2D eigenvalue weighted by Crippen LogP contribution is -2.26. The smallest absolute Gasteiger partial charge is 0.377 e. The van der Waals surface area contributed by atoms with Gasteiger partial charge in [-0.2, -0.15) is 26.7 Å². The van der Waals surface area contributed by atoms with Gasteiger partial charge in [-0.3, -0.25) is 0 Å². The van der Waals surface area contributed by atoms with Gasteiger partial charge < -0.3 is 8.92 Å². The zero-order chi connectivity index (χ0) is 20.8. The van der Waals surface area contributed by atoms with Crippen molar-refractivity contribution >= 4 is 55.2 Å². The number of fused-ring (bicyclic) bond motifs is 3. The largest absolute Gasteiger partial charge is 0.534 e. The SMILES string of the molecule is O=S(=O)(OC1=C(C2=CCOCC2)CCc2c1ccc1c2cnn1PI)C(F)(F)F. The normalized spacial score (nSPS) is 18.4. The zero-order valence-electron chi connectivity index (χ0n) is 14.8. The summed E-state index contributed by atoms with van der Waals surface area (Å²) < 4.78 is 74.6. The molecule has 12 heteroatoms. The predicted octanol–water partition coefficient (Wildman–Crippen LogP) is 4.70. The molecule has 0 saturated carbocycles. The van der Waals surface area contributed by atoms with Crippen molar-refractivity contribution in [3.63, 3.8) is 0 Å². The number of hydrogen-bond donors (Lipinski definition) is 0. The Labute approximate surface area is 179 Å². The van der Waals surface area contributed by atoms with Crippen LogP contribution in [0.2, 0.25) is 0 Å². The van der Waals surface area contributed by atoms with Crippen LogP contribution in [0.3, 0.4) is 0 Å². The summed E-state index contributed by atoms with van der Waals surface area (Å²) in [4.78, 5) is 0. The first kappa shape index (κ1) is 21.1. The monoisotopic (exact) mass is 558 g/mol. The van der Waals surface area contributed by atoms with E-state index in [9.17, 15) is 21.6 Å². The molecule has 0 amide bonds. The first-order valence-electron chi connectivity index (χ1n) is 8.60. The van der Waals surface area contributed by atoms with Crippen molar-refractivity contribution in [1.29, 1.82) is 0 Å². The van der Waals surface area contributed by atoms with Crippen molar-refractivity contribution in [2.75, 3.05) is 13.2 Å². The minimum atomic E-state index is -5.80. The molecule has 1 aromatic carbocycles. The van der Waals surface area contributed by atoms with Crippen LogP contribution in [0, 0.1) is 0 Å². The molecule has 0 bridgehead atoms. The van der Waals surface area contributed by atoms with Gasteiger partial charge in [-0.25, -0.2) is 4.45 Å². The van der Waals surface area contributed by atoms with Crippen molar-refractivity contribution in [2.45, 2.75) is 24.8 Å². The van der Waals surface area contributed by atoms with Gasteiger partial charge in [0.1, 0.15) is 0 Å². The first-order chi connectivity index (χ1) is 13.7. The lowest BCUT2D eigenvalue weighted by Gasteiger charge is -2.26. The molecule has 0 fully saturated rings. The second-order valence-corrected chi connectivity index (χ2v) is 10.1. The standard InChI is InChI=1S/C17H15F3IN2O4PS/c18-17(19,20)29(24,25)27-16-11(10-5-7-26-8-6-10)1-2-12-13(16)3-4-15-14(12)9-22-23(15)28-21/h3-5,9,28H,1-2,6-8H2. The second-order valence-electron chi connectivity index (χ2n) is 6.51. The number of halogens is 4. The van der Waals surface area contributed by atoms with Gasteiger partial charge in [0, 0.05) is 10.9 Å². The summed E-state index contributed by atoms with van der Waals surface area (Å²) >= 11 is 2.19. The van der Waals surface area contributed by atoms with Crippen LogP contribution in [0.4, 0.5) is 13.2 Å². The number of nitrogens with zero attached hydrogens (tertiary/aromatic N) is 2. The van der Waals surface area contributed by atoms with E-state index < -0.39 is 15.6 Å². The third kappa shape index (κ3) is 3.82. The number of rotatable bonds is 4. The fourth-order valence-electron chi connectivity index (χ4n) is 3.59. The molecule has 2 aliphatic rings.